The predicted molar refractivity (Wildman–Crippen MR) is 60.5 cm³/mol. The van der Waals surface area contributed by atoms with Crippen molar-refractivity contribution in [1.29, 1.82) is 0 Å². The van der Waals surface area contributed by atoms with Crippen molar-refractivity contribution in [2.45, 2.75) is 21.9 Å². The molecule has 0 aromatic carbocycles. The zero-order chi connectivity index (χ0) is 15.1. The lowest BCUT2D eigenvalue weighted by molar-refractivity contribution is -0.160. The van der Waals surface area contributed by atoms with Crippen LogP contribution < -0.4 is 5.73 Å². The summed E-state index contributed by atoms with van der Waals surface area (Å²) in [5.41, 5.74) is 3.13. The Labute approximate surface area is 116 Å². The molecule has 1 aliphatic rings. The molecule has 0 heterocycles. The smallest absolute Gasteiger partial charge is 0.416 e. The number of allylic oxidation sites excluding steroid dienone is 2. The molecule has 0 aliphatic heterocycles. The minimum atomic E-state index is -5.06. The van der Waals surface area contributed by atoms with Gasteiger partial charge in [0.25, 0.3) is 0 Å². The number of hydrogen-bond donors (Lipinski definition) is 1. The summed E-state index contributed by atoms with van der Waals surface area (Å²) in [6.07, 6.45) is -12.6. The third-order valence-electron chi connectivity index (χ3n) is 2.24. The van der Waals surface area contributed by atoms with Crippen molar-refractivity contribution in [3.05, 3.63) is 23.8 Å². The molecule has 0 aromatic rings. The van der Waals surface area contributed by atoms with Crippen LogP contribution in [0.25, 0.3) is 0 Å². The molecular formula is C9H6F6INO2. The first-order valence-corrected chi connectivity index (χ1v) is 5.66. The van der Waals surface area contributed by atoms with Gasteiger partial charge >= 0.3 is 18.4 Å². The molecule has 2 N–H and O–H groups in total. The van der Waals surface area contributed by atoms with Crippen molar-refractivity contribution in [1.82, 2.24) is 0 Å². The highest BCUT2D eigenvalue weighted by molar-refractivity contribution is 14.1. The molecule has 0 aromatic heterocycles. The molecule has 10 heteroatoms. The summed E-state index contributed by atoms with van der Waals surface area (Å²) in [4.78, 5) is 10.5. The zero-order valence-corrected chi connectivity index (χ0v) is 11.0. The molecule has 0 bridgehead atoms. The highest BCUT2D eigenvalue weighted by atomic mass is 127. The monoisotopic (exact) mass is 401 g/mol. The number of alkyl halides is 7. The van der Waals surface area contributed by atoms with Crippen LogP contribution in [0.2, 0.25) is 0 Å². The van der Waals surface area contributed by atoms with Gasteiger partial charge in [0.05, 0.1) is 5.57 Å². The first kappa shape index (κ1) is 16.1. The normalized spacial score (nSPS) is 27.9. The van der Waals surface area contributed by atoms with Crippen LogP contribution in [-0.4, -0.2) is 28.0 Å². The standard InChI is InChI=1S/C9H6F6INO2/c10-8(11,12)4-1-2-5(19-6(17)18)7(16,3-4)9(13,14)15/h1-3,5H,(H2,17,18). The summed E-state index contributed by atoms with van der Waals surface area (Å²) in [7, 11) is 0. The van der Waals surface area contributed by atoms with E-state index in [4.69, 9.17) is 0 Å². The van der Waals surface area contributed by atoms with E-state index in [-0.39, 0.29) is 6.08 Å². The third kappa shape index (κ3) is 3.34. The van der Waals surface area contributed by atoms with E-state index in [1.54, 1.807) is 0 Å². The number of carbonyl (C=O) groups excluding carboxylic acids is 1. The van der Waals surface area contributed by atoms with Crippen LogP contribution in [0.1, 0.15) is 0 Å². The van der Waals surface area contributed by atoms with Crippen molar-refractivity contribution >= 4 is 28.7 Å². The lowest BCUT2D eigenvalue weighted by Crippen LogP contribution is -2.51. The molecule has 19 heavy (non-hydrogen) atoms. The van der Waals surface area contributed by atoms with Crippen molar-refractivity contribution in [2.75, 3.05) is 0 Å². The van der Waals surface area contributed by atoms with Crippen molar-refractivity contribution in [2.24, 2.45) is 5.73 Å². The van der Waals surface area contributed by atoms with Gasteiger partial charge in [0, 0.05) is 0 Å². The highest BCUT2D eigenvalue weighted by Gasteiger charge is 2.60. The summed E-state index contributed by atoms with van der Waals surface area (Å²) in [6.45, 7) is 0. The Kier molecular flexibility index (Phi) is 4.13. The number of halogens is 7. The summed E-state index contributed by atoms with van der Waals surface area (Å²) >= 11 is 0.762. The molecule has 108 valence electrons. The van der Waals surface area contributed by atoms with Crippen LogP contribution in [0.5, 0.6) is 0 Å². The number of carbonyl (C=O) groups is 1. The minimum Gasteiger partial charge on any atom is -0.440 e. The summed E-state index contributed by atoms with van der Waals surface area (Å²) < 4.78 is 77.2. The maximum Gasteiger partial charge on any atom is 0.416 e. The summed E-state index contributed by atoms with van der Waals surface area (Å²) in [5, 5.41) is 0. The topological polar surface area (TPSA) is 52.3 Å². The molecule has 2 atom stereocenters. The number of amides is 1. The quantitative estimate of drug-likeness (QED) is 0.417. The molecule has 0 spiro atoms. The van der Waals surface area contributed by atoms with Crippen LogP contribution in [0.4, 0.5) is 31.1 Å². The first-order valence-electron chi connectivity index (χ1n) is 4.58. The zero-order valence-electron chi connectivity index (χ0n) is 8.85. The van der Waals surface area contributed by atoms with Gasteiger partial charge in [0.15, 0.2) is 3.42 Å². The Morgan fingerprint density at radius 3 is 2.21 bits per heavy atom. The van der Waals surface area contributed by atoms with Crippen molar-refractivity contribution in [3.8, 4) is 0 Å². The van der Waals surface area contributed by atoms with Crippen LogP contribution in [-0.2, 0) is 4.74 Å². The Bertz CT molecular complexity index is 441. The van der Waals surface area contributed by atoms with Gasteiger partial charge < -0.3 is 10.5 Å². The van der Waals surface area contributed by atoms with E-state index in [9.17, 15) is 31.1 Å². The maximum absolute atomic E-state index is 12.9. The summed E-state index contributed by atoms with van der Waals surface area (Å²) in [6, 6.07) is 0. The number of nitrogens with two attached hydrogens (primary N) is 1. The van der Waals surface area contributed by atoms with E-state index in [0.717, 1.165) is 22.6 Å². The second-order valence-electron chi connectivity index (χ2n) is 3.58. The van der Waals surface area contributed by atoms with Gasteiger partial charge in [-0.2, -0.15) is 26.3 Å². The van der Waals surface area contributed by atoms with Gasteiger partial charge in [0.1, 0.15) is 6.10 Å². The molecule has 0 radical (unpaired) electrons. The summed E-state index contributed by atoms with van der Waals surface area (Å²) in [5.74, 6) is 0. The molecule has 2 unspecified atom stereocenters. The van der Waals surface area contributed by atoms with Gasteiger partial charge in [-0.3, -0.25) is 0 Å². The van der Waals surface area contributed by atoms with E-state index >= 15 is 0 Å². The lowest BCUT2D eigenvalue weighted by atomic mass is 9.92. The number of rotatable bonds is 1. The van der Waals surface area contributed by atoms with Crippen molar-refractivity contribution in [3.63, 3.8) is 0 Å². The Morgan fingerprint density at radius 1 is 1.32 bits per heavy atom. The molecule has 1 aliphatic carbocycles. The second kappa shape index (κ2) is 4.87. The number of ether oxygens (including phenoxy) is 1. The van der Waals surface area contributed by atoms with Crippen LogP contribution in [0.3, 0.4) is 0 Å². The Hall–Kier alpha value is -0.940. The van der Waals surface area contributed by atoms with Crippen LogP contribution >= 0.6 is 22.6 Å². The molecule has 1 amide bonds. The van der Waals surface area contributed by atoms with E-state index < -0.39 is 33.5 Å². The predicted octanol–water partition coefficient (Wildman–Crippen LogP) is 3.24. The van der Waals surface area contributed by atoms with Gasteiger partial charge in [-0.05, 0) is 12.2 Å². The van der Waals surface area contributed by atoms with Crippen LogP contribution in [0.15, 0.2) is 23.8 Å². The largest absolute Gasteiger partial charge is 0.440 e. The van der Waals surface area contributed by atoms with Gasteiger partial charge in [-0.15, -0.1) is 0 Å². The average Bonchev–Trinajstić information content (AvgIpc) is 2.17. The fraction of sp³-hybridized carbons (Fsp3) is 0.444. The lowest BCUT2D eigenvalue weighted by Gasteiger charge is -2.35. The first-order chi connectivity index (χ1) is 8.38. The molecule has 0 fully saturated rings. The van der Waals surface area contributed by atoms with Gasteiger partial charge in [-0.1, -0.05) is 28.7 Å². The fourth-order valence-electron chi connectivity index (χ4n) is 1.36. The molecule has 3 nitrogen and oxygen atoms in total. The van der Waals surface area contributed by atoms with Gasteiger partial charge in [-0.25, -0.2) is 4.79 Å². The van der Waals surface area contributed by atoms with E-state index in [1.807, 2.05) is 0 Å². The van der Waals surface area contributed by atoms with Crippen molar-refractivity contribution < 1.29 is 35.9 Å². The van der Waals surface area contributed by atoms with E-state index in [1.165, 1.54) is 0 Å². The number of primary amides is 1. The fourth-order valence-corrected chi connectivity index (χ4v) is 2.03. The molecular weight excluding hydrogens is 395 g/mol. The molecule has 0 saturated carbocycles. The molecule has 0 saturated heterocycles. The highest BCUT2D eigenvalue weighted by Crippen LogP contribution is 2.48. The Balaban J connectivity index is 3.26. The van der Waals surface area contributed by atoms with Crippen LogP contribution in [0, 0.1) is 0 Å². The minimum absolute atomic E-state index is 0.0266. The van der Waals surface area contributed by atoms with Gasteiger partial charge in [0.2, 0.25) is 0 Å². The van der Waals surface area contributed by atoms with E-state index in [2.05, 4.69) is 10.5 Å². The second-order valence-corrected chi connectivity index (χ2v) is 5.36. The Morgan fingerprint density at radius 2 is 1.84 bits per heavy atom. The number of hydrogen-bond acceptors (Lipinski definition) is 2. The van der Waals surface area contributed by atoms with E-state index in [0.29, 0.717) is 12.2 Å². The maximum atomic E-state index is 12.9. The average molecular weight is 401 g/mol. The molecule has 1 rings (SSSR count). The third-order valence-corrected chi connectivity index (χ3v) is 3.77. The SMILES string of the molecule is NC(=O)OC1C=CC(C(F)(F)F)=CC1(I)C(F)(F)F.